The summed E-state index contributed by atoms with van der Waals surface area (Å²) in [6, 6.07) is 2.14. The molecule has 0 atom stereocenters. The lowest BCUT2D eigenvalue weighted by Gasteiger charge is -2.12. The molecule has 5 nitrogen and oxygen atoms in total. The van der Waals surface area contributed by atoms with Crippen LogP contribution in [0.15, 0.2) is 15.3 Å². The van der Waals surface area contributed by atoms with Crippen molar-refractivity contribution in [2.45, 2.75) is 38.6 Å². The predicted octanol–water partition coefficient (Wildman–Crippen LogP) is 2.15. The molecule has 0 aromatic carbocycles. The minimum absolute atomic E-state index is 0.335. The molecular weight excluding hydrogens is 286 g/mol. The molecular formula is C15H19N3O2S. The van der Waals surface area contributed by atoms with Crippen LogP contribution in [0, 0.1) is 0 Å². The Bertz CT molecular complexity index is 673. The van der Waals surface area contributed by atoms with Gasteiger partial charge in [-0.15, -0.1) is 16.4 Å². The van der Waals surface area contributed by atoms with Crippen molar-refractivity contribution in [2.24, 2.45) is 0 Å². The van der Waals surface area contributed by atoms with Crippen LogP contribution in [-0.2, 0) is 19.4 Å². The zero-order chi connectivity index (χ0) is 14.2. The monoisotopic (exact) mass is 305 g/mol. The van der Waals surface area contributed by atoms with E-state index >= 15 is 0 Å². The molecule has 0 radical (unpaired) electrons. The minimum atomic E-state index is -0.335. The fraction of sp³-hybridized carbons (Fsp3) is 0.600. The summed E-state index contributed by atoms with van der Waals surface area (Å²) in [5.74, 6) is 0.151. The summed E-state index contributed by atoms with van der Waals surface area (Å²) in [5, 5.41) is 4.38. The third-order valence-electron chi connectivity index (χ3n) is 4.39. The molecule has 6 heteroatoms. The van der Waals surface area contributed by atoms with Gasteiger partial charge < -0.3 is 9.32 Å². The summed E-state index contributed by atoms with van der Waals surface area (Å²) < 4.78 is 6.81. The van der Waals surface area contributed by atoms with E-state index < -0.39 is 0 Å². The Balaban J connectivity index is 1.51. The van der Waals surface area contributed by atoms with Gasteiger partial charge in [-0.05, 0) is 56.8 Å². The summed E-state index contributed by atoms with van der Waals surface area (Å²) in [5.41, 5.74) is 1.41. The van der Waals surface area contributed by atoms with E-state index in [1.165, 1.54) is 34.4 Å². The van der Waals surface area contributed by atoms with Crippen LogP contribution in [0.4, 0.5) is 0 Å². The van der Waals surface area contributed by atoms with Gasteiger partial charge in [-0.2, -0.15) is 4.68 Å². The first-order chi connectivity index (χ1) is 10.3. The summed E-state index contributed by atoms with van der Waals surface area (Å²) in [6.07, 6.45) is 6.07. The van der Waals surface area contributed by atoms with Crippen LogP contribution in [0.25, 0.3) is 10.8 Å². The second kappa shape index (κ2) is 5.42. The number of aryl methyl sites for hydroxylation is 2. The highest BCUT2D eigenvalue weighted by Gasteiger charge is 2.20. The van der Waals surface area contributed by atoms with Crippen molar-refractivity contribution >= 4 is 11.3 Å². The number of hydrogen-bond acceptors (Lipinski definition) is 5. The van der Waals surface area contributed by atoms with Crippen molar-refractivity contribution in [1.29, 1.82) is 0 Å². The molecule has 0 amide bonds. The molecule has 0 unspecified atom stereocenters. The molecule has 1 saturated heterocycles. The Morgan fingerprint density at radius 1 is 1.19 bits per heavy atom. The second-order valence-electron chi connectivity index (χ2n) is 5.86. The number of rotatable bonds is 4. The Morgan fingerprint density at radius 2 is 2.05 bits per heavy atom. The van der Waals surface area contributed by atoms with Crippen LogP contribution in [0.3, 0.4) is 0 Å². The summed E-state index contributed by atoms with van der Waals surface area (Å²) in [6.45, 7) is 3.77. The normalized spacial score (nSPS) is 18.5. The highest BCUT2D eigenvalue weighted by atomic mass is 32.1. The first-order valence-corrected chi connectivity index (χ1v) is 8.53. The molecule has 2 aromatic heterocycles. The molecule has 1 fully saturated rings. The standard InChI is InChI=1S/C15H19N3O2S/c19-15-18(9-8-17-6-1-2-7-17)16-14(20-15)13-10-11-4-3-5-12(11)21-13/h10H,1-9H2. The van der Waals surface area contributed by atoms with Gasteiger partial charge in [0.1, 0.15) is 0 Å². The van der Waals surface area contributed by atoms with Crippen molar-refractivity contribution in [3.8, 4) is 10.8 Å². The van der Waals surface area contributed by atoms with E-state index in [0.29, 0.717) is 12.4 Å². The van der Waals surface area contributed by atoms with Crippen LogP contribution >= 0.6 is 11.3 Å². The molecule has 2 aromatic rings. The second-order valence-corrected chi connectivity index (χ2v) is 6.99. The van der Waals surface area contributed by atoms with Crippen LogP contribution in [0.5, 0.6) is 0 Å². The summed E-state index contributed by atoms with van der Waals surface area (Å²) >= 11 is 1.72. The van der Waals surface area contributed by atoms with Crippen LogP contribution in [-0.4, -0.2) is 34.3 Å². The van der Waals surface area contributed by atoms with Gasteiger partial charge in [0.05, 0.1) is 11.4 Å². The molecule has 0 spiro atoms. The van der Waals surface area contributed by atoms with Crippen molar-refractivity contribution in [1.82, 2.24) is 14.7 Å². The number of aromatic nitrogens is 2. The maximum atomic E-state index is 11.9. The summed E-state index contributed by atoms with van der Waals surface area (Å²) in [4.78, 5) is 16.7. The fourth-order valence-electron chi connectivity index (χ4n) is 3.22. The van der Waals surface area contributed by atoms with Crippen LogP contribution in [0.1, 0.15) is 29.7 Å². The molecule has 3 heterocycles. The predicted molar refractivity (Wildman–Crippen MR) is 81.8 cm³/mol. The van der Waals surface area contributed by atoms with Crippen LogP contribution in [0.2, 0.25) is 0 Å². The Labute approximate surface area is 127 Å². The number of likely N-dealkylation sites (tertiary alicyclic amines) is 1. The highest BCUT2D eigenvalue weighted by Crippen LogP contribution is 2.35. The van der Waals surface area contributed by atoms with Gasteiger partial charge in [-0.25, -0.2) is 4.79 Å². The maximum absolute atomic E-state index is 11.9. The van der Waals surface area contributed by atoms with E-state index in [1.807, 2.05) is 0 Å². The SMILES string of the molecule is O=c1oc(-c2cc3c(s2)CCC3)nn1CCN1CCCC1. The van der Waals surface area contributed by atoms with Crippen molar-refractivity contribution < 1.29 is 4.42 Å². The van der Waals surface area contributed by atoms with E-state index in [4.69, 9.17) is 4.42 Å². The number of hydrogen-bond donors (Lipinski definition) is 0. The van der Waals surface area contributed by atoms with E-state index in [0.717, 1.165) is 37.4 Å². The van der Waals surface area contributed by atoms with E-state index in [1.54, 1.807) is 11.3 Å². The molecule has 4 rings (SSSR count). The molecule has 0 N–H and O–H groups in total. The average molecular weight is 305 g/mol. The van der Waals surface area contributed by atoms with Crippen molar-refractivity contribution in [2.75, 3.05) is 19.6 Å². The zero-order valence-corrected chi connectivity index (χ0v) is 12.8. The average Bonchev–Trinajstić information content (AvgIpc) is 3.20. The molecule has 1 aliphatic heterocycles. The lowest BCUT2D eigenvalue weighted by molar-refractivity contribution is 0.309. The number of nitrogens with zero attached hydrogens (tertiary/aromatic N) is 3. The van der Waals surface area contributed by atoms with Crippen molar-refractivity contribution in [3.05, 3.63) is 27.1 Å². The molecule has 21 heavy (non-hydrogen) atoms. The van der Waals surface area contributed by atoms with Gasteiger partial charge in [0, 0.05) is 11.4 Å². The van der Waals surface area contributed by atoms with Gasteiger partial charge in [0.25, 0.3) is 5.89 Å². The fourth-order valence-corrected chi connectivity index (χ4v) is 4.40. The molecule has 2 aliphatic rings. The van der Waals surface area contributed by atoms with Gasteiger partial charge >= 0.3 is 5.76 Å². The lowest BCUT2D eigenvalue weighted by atomic mass is 10.2. The molecule has 0 bridgehead atoms. The quantitative estimate of drug-likeness (QED) is 0.868. The van der Waals surface area contributed by atoms with E-state index in [-0.39, 0.29) is 5.76 Å². The first-order valence-electron chi connectivity index (χ1n) is 7.72. The van der Waals surface area contributed by atoms with Crippen molar-refractivity contribution in [3.63, 3.8) is 0 Å². The smallest absolute Gasteiger partial charge is 0.387 e. The summed E-state index contributed by atoms with van der Waals surface area (Å²) in [7, 11) is 0. The van der Waals surface area contributed by atoms with Gasteiger partial charge in [0.15, 0.2) is 0 Å². The third kappa shape index (κ3) is 2.58. The third-order valence-corrected chi connectivity index (χ3v) is 5.62. The van der Waals surface area contributed by atoms with E-state index in [2.05, 4.69) is 16.1 Å². The van der Waals surface area contributed by atoms with Gasteiger partial charge in [-0.3, -0.25) is 0 Å². The molecule has 112 valence electrons. The molecule has 0 saturated carbocycles. The first kappa shape index (κ1) is 13.3. The van der Waals surface area contributed by atoms with Gasteiger partial charge in [0.2, 0.25) is 0 Å². The number of fused-ring (bicyclic) bond motifs is 1. The topological polar surface area (TPSA) is 51.3 Å². The Kier molecular flexibility index (Phi) is 3.43. The lowest BCUT2D eigenvalue weighted by Crippen LogP contribution is -2.28. The maximum Gasteiger partial charge on any atom is 0.437 e. The van der Waals surface area contributed by atoms with Crippen LogP contribution < -0.4 is 5.76 Å². The number of thiophene rings is 1. The minimum Gasteiger partial charge on any atom is -0.387 e. The van der Waals surface area contributed by atoms with E-state index in [9.17, 15) is 4.79 Å². The highest BCUT2D eigenvalue weighted by molar-refractivity contribution is 7.15. The Hall–Kier alpha value is -1.40. The van der Waals surface area contributed by atoms with Gasteiger partial charge in [-0.1, -0.05) is 0 Å². The molecule has 1 aliphatic carbocycles. The zero-order valence-electron chi connectivity index (χ0n) is 12.0. The Morgan fingerprint density at radius 3 is 2.86 bits per heavy atom. The largest absolute Gasteiger partial charge is 0.437 e.